The second-order valence-corrected chi connectivity index (χ2v) is 12.9. The maximum absolute atomic E-state index is 12.1. The summed E-state index contributed by atoms with van der Waals surface area (Å²) in [6.07, 6.45) is 8.32. The molecule has 2 fully saturated rings. The van der Waals surface area contributed by atoms with E-state index < -0.39 is 0 Å². The first kappa shape index (κ1) is 27.7. The topological polar surface area (TPSA) is 130 Å². The van der Waals surface area contributed by atoms with Crippen LogP contribution in [-0.2, 0) is 9.59 Å². The molecular formula is C30H30N6O2S2. The highest BCUT2D eigenvalue weighted by Crippen LogP contribution is 2.47. The van der Waals surface area contributed by atoms with E-state index in [0.717, 1.165) is 62.7 Å². The smallest absolute Gasteiger partial charge is 0.265 e. The SMILES string of the molecule is N#CC1=C(Nc2ccccc2)SC2(CCCC2)NC1=O.N#CC1=C(Nc2ccccc2)SC2(CCCC2)NC1=O. The maximum atomic E-state index is 12.1. The lowest BCUT2D eigenvalue weighted by Crippen LogP contribution is -2.47. The number of nitrogens with zero attached hydrogens (tertiary/aromatic N) is 2. The zero-order chi connectivity index (χ0) is 28.0. The quantitative estimate of drug-likeness (QED) is 0.356. The number of carbonyl (C=O) groups excluding carboxylic acids is 2. The number of carbonyl (C=O) groups is 2. The van der Waals surface area contributed by atoms with Crippen molar-refractivity contribution >= 4 is 46.7 Å². The van der Waals surface area contributed by atoms with Crippen LogP contribution in [0, 0.1) is 22.7 Å². The predicted octanol–water partition coefficient (Wildman–Crippen LogP) is 5.93. The molecule has 4 N–H and O–H groups in total. The molecule has 2 aliphatic carbocycles. The Bertz CT molecular complexity index is 1300. The Morgan fingerprint density at radius 1 is 0.625 bits per heavy atom. The van der Waals surface area contributed by atoms with Gasteiger partial charge in [-0.05, 0) is 49.9 Å². The van der Waals surface area contributed by atoms with Gasteiger partial charge >= 0.3 is 0 Å². The fourth-order valence-corrected chi connectivity index (χ4v) is 8.19. The number of amides is 2. The summed E-state index contributed by atoms with van der Waals surface area (Å²) in [5.74, 6) is -0.516. The van der Waals surface area contributed by atoms with Gasteiger partial charge in [-0.2, -0.15) is 10.5 Å². The van der Waals surface area contributed by atoms with E-state index in [0.29, 0.717) is 10.1 Å². The maximum Gasteiger partial charge on any atom is 0.265 e. The number of thioether (sulfide) groups is 2. The number of para-hydroxylation sites is 2. The number of hydrogen-bond donors (Lipinski definition) is 4. The Hall–Kier alpha value is -3.86. The second-order valence-electron chi connectivity index (χ2n) is 10.1. The third kappa shape index (κ3) is 6.14. The molecule has 204 valence electrons. The van der Waals surface area contributed by atoms with Gasteiger partial charge in [0.15, 0.2) is 0 Å². The summed E-state index contributed by atoms with van der Waals surface area (Å²) < 4.78 is 0. The standard InChI is InChI=1S/2C15H15N3OS/c2*16-10-12-13(19)18-15(8-4-5-9-15)20-14(12)17-11-6-2-1-3-7-11/h2*1-3,6-7,17H,4-5,8-9H2,(H,18,19). The van der Waals surface area contributed by atoms with Crippen molar-refractivity contribution in [1.82, 2.24) is 10.6 Å². The summed E-state index contributed by atoms with van der Waals surface area (Å²) in [6.45, 7) is 0. The van der Waals surface area contributed by atoms with Crippen molar-refractivity contribution in [3.63, 3.8) is 0 Å². The van der Waals surface area contributed by atoms with Crippen LogP contribution in [0.25, 0.3) is 0 Å². The summed E-state index contributed by atoms with van der Waals surface area (Å²) in [5, 5.41) is 32.2. The Morgan fingerprint density at radius 2 is 0.975 bits per heavy atom. The molecule has 0 radical (unpaired) electrons. The van der Waals surface area contributed by atoms with Crippen molar-refractivity contribution in [1.29, 1.82) is 10.5 Å². The van der Waals surface area contributed by atoms with Crippen molar-refractivity contribution in [2.24, 2.45) is 0 Å². The molecule has 0 saturated heterocycles. The number of benzene rings is 2. The van der Waals surface area contributed by atoms with Gasteiger partial charge in [-0.15, -0.1) is 0 Å². The lowest BCUT2D eigenvalue weighted by atomic mass is 10.2. The first-order chi connectivity index (χ1) is 19.4. The minimum atomic E-state index is -0.258. The van der Waals surface area contributed by atoms with Crippen LogP contribution < -0.4 is 21.3 Å². The Labute approximate surface area is 242 Å². The number of anilines is 2. The van der Waals surface area contributed by atoms with E-state index >= 15 is 0 Å². The number of hydrogen-bond acceptors (Lipinski definition) is 8. The van der Waals surface area contributed by atoms with E-state index in [1.807, 2.05) is 72.8 Å². The van der Waals surface area contributed by atoms with E-state index in [1.165, 1.54) is 0 Å². The molecule has 2 heterocycles. The molecule has 0 aromatic heterocycles. The number of nitriles is 2. The summed E-state index contributed by atoms with van der Waals surface area (Å²) >= 11 is 3.17. The van der Waals surface area contributed by atoms with Crippen molar-refractivity contribution in [2.45, 2.75) is 61.1 Å². The molecule has 4 aliphatic rings. The van der Waals surface area contributed by atoms with Gasteiger partial charge in [-0.25, -0.2) is 0 Å². The van der Waals surface area contributed by atoms with E-state index in [4.69, 9.17) is 0 Å². The van der Waals surface area contributed by atoms with E-state index in [-0.39, 0.29) is 32.7 Å². The fourth-order valence-electron chi connectivity index (χ4n) is 5.32. The van der Waals surface area contributed by atoms with E-state index in [1.54, 1.807) is 23.5 Å². The van der Waals surface area contributed by atoms with Crippen LogP contribution >= 0.6 is 23.5 Å². The molecule has 2 aromatic carbocycles. The molecule has 6 rings (SSSR count). The van der Waals surface area contributed by atoms with Gasteiger partial charge < -0.3 is 21.3 Å². The van der Waals surface area contributed by atoms with Gasteiger partial charge in [0.1, 0.15) is 23.3 Å². The van der Waals surface area contributed by atoms with Gasteiger partial charge in [-0.1, -0.05) is 85.6 Å². The minimum absolute atomic E-state index is 0.177. The lowest BCUT2D eigenvalue weighted by Gasteiger charge is -2.34. The summed E-state index contributed by atoms with van der Waals surface area (Å²) in [4.78, 5) is 23.8. The average molecular weight is 571 g/mol. The number of nitrogens with one attached hydrogen (secondary N) is 4. The van der Waals surface area contributed by atoms with Gasteiger partial charge in [0.2, 0.25) is 0 Å². The summed E-state index contributed by atoms with van der Waals surface area (Å²) in [6, 6.07) is 23.3. The zero-order valence-electron chi connectivity index (χ0n) is 22.0. The lowest BCUT2D eigenvalue weighted by molar-refractivity contribution is -0.119. The van der Waals surface area contributed by atoms with Crippen LogP contribution in [0.2, 0.25) is 0 Å². The highest BCUT2D eigenvalue weighted by Gasteiger charge is 2.43. The first-order valence-electron chi connectivity index (χ1n) is 13.4. The van der Waals surface area contributed by atoms with Crippen LogP contribution in [0.3, 0.4) is 0 Å². The van der Waals surface area contributed by atoms with Crippen molar-refractivity contribution in [2.75, 3.05) is 10.6 Å². The normalized spacial score (nSPS) is 20.6. The Kier molecular flexibility index (Phi) is 8.39. The van der Waals surface area contributed by atoms with Crippen molar-refractivity contribution in [3.8, 4) is 12.1 Å². The summed E-state index contributed by atoms with van der Waals surface area (Å²) in [5.41, 5.74) is 2.14. The molecule has 0 atom stereocenters. The van der Waals surface area contributed by atoms with Crippen LogP contribution in [0.15, 0.2) is 81.9 Å². The van der Waals surface area contributed by atoms with Crippen molar-refractivity contribution in [3.05, 3.63) is 81.9 Å². The molecule has 8 nitrogen and oxygen atoms in total. The van der Waals surface area contributed by atoms with Crippen LogP contribution in [0.5, 0.6) is 0 Å². The highest BCUT2D eigenvalue weighted by atomic mass is 32.2. The van der Waals surface area contributed by atoms with E-state index in [9.17, 15) is 20.1 Å². The highest BCUT2D eigenvalue weighted by molar-refractivity contribution is 8.04. The molecular weight excluding hydrogens is 541 g/mol. The molecule has 2 amide bonds. The van der Waals surface area contributed by atoms with Crippen LogP contribution in [-0.4, -0.2) is 21.6 Å². The van der Waals surface area contributed by atoms with Crippen LogP contribution in [0.1, 0.15) is 51.4 Å². The largest absolute Gasteiger partial charge is 0.349 e. The molecule has 10 heteroatoms. The Morgan fingerprint density at radius 3 is 1.30 bits per heavy atom. The third-order valence-corrected chi connectivity index (χ3v) is 10.1. The minimum Gasteiger partial charge on any atom is -0.349 e. The summed E-state index contributed by atoms with van der Waals surface area (Å²) in [7, 11) is 0. The first-order valence-corrected chi connectivity index (χ1v) is 15.0. The molecule has 0 bridgehead atoms. The van der Waals surface area contributed by atoms with Gasteiger partial charge in [-0.3, -0.25) is 9.59 Å². The average Bonchev–Trinajstić information content (AvgIpc) is 3.59. The molecule has 2 spiro atoms. The fraction of sp³-hybridized carbons (Fsp3) is 0.333. The molecule has 2 aliphatic heterocycles. The Balaban J connectivity index is 0.000000161. The zero-order valence-corrected chi connectivity index (χ0v) is 23.6. The molecule has 2 aromatic rings. The number of rotatable bonds is 4. The molecule has 40 heavy (non-hydrogen) atoms. The van der Waals surface area contributed by atoms with E-state index in [2.05, 4.69) is 21.3 Å². The van der Waals surface area contributed by atoms with Gasteiger partial charge in [0, 0.05) is 11.4 Å². The monoisotopic (exact) mass is 570 g/mol. The second kappa shape index (κ2) is 12.1. The predicted molar refractivity (Wildman–Crippen MR) is 159 cm³/mol. The van der Waals surface area contributed by atoms with Crippen LogP contribution in [0.4, 0.5) is 11.4 Å². The van der Waals surface area contributed by atoms with Gasteiger partial charge in [0.05, 0.1) is 19.8 Å². The molecule has 0 unspecified atom stereocenters. The van der Waals surface area contributed by atoms with Crippen molar-refractivity contribution < 1.29 is 9.59 Å². The third-order valence-electron chi connectivity index (χ3n) is 7.30. The molecule has 2 saturated carbocycles. The van der Waals surface area contributed by atoms with Gasteiger partial charge in [0.25, 0.3) is 11.8 Å².